The zero-order chi connectivity index (χ0) is 17.2. The average Bonchev–Trinajstić information content (AvgIpc) is 2.90. The second kappa shape index (κ2) is 6.40. The Hall–Kier alpha value is -2.37. The van der Waals surface area contributed by atoms with Gasteiger partial charge in [-0.15, -0.1) is 0 Å². The first-order chi connectivity index (χ1) is 10.7. The van der Waals surface area contributed by atoms with E-state index in [0.717, 1.165) is 11.1 Å². The second-order valence-corrected chi connectivity index (χ2v) is 7.06. The molecule has 0 aliphatic heterocycles. The van der Waals surface area contributed by atoms with Gasteiger partial charge in [0.05, 0.1) is 12.2 Å². The maximum absolute atomic E-state index is 11.6. The second-order valence-electron chi connectivity index (χ2n) is 7.06. The number of carbonyl (C=O) groups is 1. The molecule has 2 rings (SSSR count). The first kappa shape index (κ1) is 17.0. The molecule has 124 valence electrons. The Morgan fingerprint density at radius 1 is 1.35 bits per heavy atom. The molecular weight excluding hydrogens is 292 g/mol. The van der Waals surface area contributed by atoms with Gasteiger partial charge in [0, 0.05) is 18.9 Å². The molecule has 2 heterocycles. The van der Waals surface area contributed by atoms with Crippen molar-refractivity contribution in [2.24, 2.45) is 5.41 Å². The molecule has 0 radical (unpaired) electrons. The number of carboxylic acid groups (broad SMARTS) is 1. The van der Waals surface area contributed by atoms with E-state index in [1.54, 1.807) is 17.1 Å². The van der Waals surface area contributed by atoms with Gasteiger partial charge >= 0.3 is 6.09 Å². The monoisotopic (exact) mass is 316 g/mol. The molecular formula is C17H24N4O2. The van der Waals surface area contributed by atoms with Gasteiger partial charge < -0.3 is 10.0 Å². The van der Waals surface area contributed by atoms with Crippen LogP contribution in [0.4, 0.5) is 4.79 Å². The summed E-state index contributed by atoms with van der Waals surface area (Å²) in [5.41, 5.74) is 1.82. The molecule has 0 aliphatic carbocycles. The number of hydrogen-bond acceptors (Lipinski definition) is 3. The van der Waals surface area contributed by atoms with E-state index < -0.39 is 6.09 Å². The van der Waals surface area contributed by atoms with Gasteiger partial charge in [0.2, 0.25) is 0 Å². The van der Waals surface area contributed by atoms with E-state index >= 15 is 0 Å². The molecule has 0 aliphatic rings. The molecule has 0 bridgehead atoms. The molecule has 6 nitrogen and oxygen atoms in total. The minimum absolute atomic E-state index is 0.105. The highest BCUT2D eigenvalue weighted by Crippen LogP contribution is 2.25. The van der Waals surface area contributed by atoms with Crippen LogP contribution in [0.15, 0.2) is 30.7 Å². The molecule has 1 amide bonds. The van der Waals surface area contributed by atoms with Gasteiger partial charge in [-0.1, -0.05) is 26.8 Å². The maximum Gasteiger partial charge on any atom is 0.407 e. The molecule has 2 aromatic heterocycles. The third-order valence-corrected chi connectivity index (χ3v) is 3.56. The summed E-state index contributed by atoms with van der Waals surface area (Å²) in [6.07, 6.45) is 4.47. The predicted octanol–water partition coefficient (Wildman–Crippen LogP) is 3.66. The van der Waals surface area contributed by atoms with Gasteiger partial charge in [-0.25, -0.2) is 14.5 Å². The Balaban J connectivity index is 2.21. The largest absolute Gasteiger partial charge is 0.465 e. The number of nitrogens with zero attached hydrogens (tertiary/aromatic N) is 4. The summed E-state index contributed by atoms with van der Waals surface area (Å²) in [6.45, 7) is 10.4. The minimum atomic E-state index is -0.917. The smallest absolute Gasteiger partial charge is 0.407 e. The fourth-order valence-electron chi connectivity index (χ4n) is 2.38. The summed E-state index contributed by atoms with van der Waals surface area (Å²) in [5.74, 6) is 0.715. The molecule has 1 atom stereocenters. The number of aryl methyl sites for hydroxylation is 1. The first-order valence-electron chi connectivity index (χ1n) is 7.64. The van der Waals surface area contributed by atoms with E-state index in [-0.39, 0.29) is 11.5 Å². The van der Waals surface area contributed by atoms with E-state index in [2.05, 4.69) is 10.1 Å². The van der Waals surface area contributed by atoms with Crippen molar-refractivity contribution in [1.82, 2.24) is 19.7 Å². The summed E-state index contributed by atoms with van der Waals surface area (Å²) in [7, 11) is 0. The zero-order valence-electron chi connectivity index (χ0n) is 14.3. The Kier molecular flexibility index (Phi) is 4.73. The van der Waals surface area contributed by atoms with Crippen LogP contribution in [-0.2, 0) is 0 Å². The molecule has 0 aromatic carbocycles. The lowest BCUT2D eigenvalue weighted by atomic mass is 9.95. The molecule has 0 fully saturated rings. The average molecular weight is 316 g/mol. The van der Waals surface area contributed by atoms with E-state index in [9.17, 15) is 9.90 Å². The fraction of sp³-hybridized carbons (Fsp3) is 0.471. The van der Waals surface area contributed by atoms with Gasteiger partial charge in [0.25, 0.3) is 0 Å². The lowest BCUT2D eigenvalue weighted by Crippen LogP contribution is -2.38. The van der Waals surface area contributed by atoms with Gasteiger partial charge in [-0.2, -0.15) is 5.10 Å². The number of aromatic nitrogens is 3. The summed E-state index contributed by atoms with van der Waals surface area (Å²) < 4.78 is 1.70. The van der Waals surface area contributed by atoms with Crippen molar-refractivity contribution >= 4 is 6.09 Å². The van der Waals surface area contributed by atoms with E-state index in [0.29, 0.717) is 12.4 Å². The number of pyridine rings is 1. The first-order valence-corrected chi connectivity index (χ1v) is 7.64. The van der Waals surface area contributed by atoms with E-state index in [4.69, 9.17) is 0 Å². The Bertz CT molecular complexity index is 671. The van der Waals surface area contributed by atoms with Crippen LogP contribution < -0.4 is 0 Å². The van der Waals surface area contributed by atoms with Crippen LogP contribution >= 0.6 is 0 Å². The van der Waals surface area contributed by atoms with Crippen molar-refractivity contribution in [2.45, 2.75) is 40.7 Å². The SMILES string of the molecule is Cc1cnn(-c2ccc(C(C)N(CC(C)(C)C)C(=O)O)cn2)c1. The molecule has 6 heteroatoms. The Labute approximate surface area is 136 Å². The normalized spacial score (nSPS) is 12.9. The number of hydrogen-bond donors (Lipinski definition) is 1. The minimum Gasteiger partial charge on any atom is -0.465 e. The lowest BCUT2D eigenvalue weighted by molar-refractivity contribution is 0.106. The van der Waals surface area contributed by atoms with Crippen molar-refractivity contribution in [3.63, 3.8) is 0 Å². The molecule has 1 N–H and O–H groups in total. The predicted molar refractivity (Wildman–Crippen MR) is 88.7 cm³/mol. The summed E-state index contributed by atoms with van der Waals surface area (Å²) >= 11 is 0. The topological polar surface area (TPSA) is 71.2 Å². The van der Waals surface area contributed by atoms with Crippen molar-refractivity contribution in [3.05, 3.63) is 41.9 Å². The molecule has 0 spiro atoms. The maximum atomic E-state index is 11.6. The quantitative estimate of drug-likeness (QED) is 0.934. The van der Waals surface area contributed by atoms with Gasteiger partial charge in [-0.3, -0.25) is 0 Å². The van der Waals surface area contributed by atoms with Crippen LogP contribution in [0.3, 0.4) is 0 Å². The van der Waals surface area contributed by atoms with Crippen LogP contribution in [0.2, 0.25) is 0 Å². The molecule has 0 saturated heterocycles. The zero-order valence-corrected chi connectivity index (χ0v) is 14.3. The van der Waals surface area contributed by atoms with E-state index in [1.165, 1.54) is 4.90 Å². The molecule has 0 saturated carbocycles. The van der Waals surface area contributed by atoms with Gasteiger partial charge in [0.15, 0.2) is 5.82 Å². The Morgan fingerprint density at radius 2 is 2.04 bits per heavy atom. The lowest BCUT2D eigenvalue weighted by Gasteiger charge is -2.32. The van der Waals surface area contributed by atoms with Crippen molar-refractivity contribution in [3.8, 4) is 5.82 Å². The van der Waals surface area contributed by atoms with Crippen molar-refractivity contribution in [1.29, 1.82) is 0 Å². The third kappa shape index (κ3) is 4.31. The van der Waals surface area contributed by atoms with Crippen molar-refractivity contribution in [2.75, 3.05) is 6.54 Å². The standard InChI is InChI=1S/C17H24N4O2/c1-12-8-19-21(10-12)15-7-6-14(9-18-15)13(2)20(16(22)23)11-17(3,4)5/h6-10,13H,11H2,1-5H3,(H,22,23). The van der Waals surface area contributed by atoms with Gasteiger partial charge in [0.1, 0.15) is 0 Å². The van der Waals surface area contributed by atoms with Crippen LogP contribution in [0.1, 0.15) is 44.9 Å². The third-order valence-electron chi connectivity index (χ3n) is 3.56. The van der Waals surface area contributed by atoms with Crippen LogP contribution in [0.5, 0.6) is 0 Å². The van der Waals surface area contributed by atoms with Crippen molar-refractivity contribution < 1.29 is 9.90 Å². The van der Waals surface area contributed by atoms with Crippen LogP contribution in [-0.4, -0.2) is 37.4 Å². The number of amides is 1. The summed E-state index contributed by atoms with van der Waals surface area (Å²) in [6, 6.07) is 3.51. The van der Waals surface area contributed by atoms with Crippen LogP contribution in [0, 0.1) is 12.3 Å². The fourth-order valence-corrected chi connectivity index (χ4v) is 2.38. The molecule has 1 unspecified atom stereocenters. The van der Waals surface area contributed by atoms with E-state index in [1.807, 2.05) is 52.9 Å². The van der Waals surface area contributed by atoms with Gasteiger partial charge in [-0.05, 0) is 36.5 Å². The molecule has 23 heavy (non-hydrogen) atoms. The Morgan fingerprint density at radius 3 is 2.48 bits per heavy atom. The summed E-state index contributed by atoms with van der Waals surface area (Å²) in [5, 5.41) is 13.7. The number of rotatable bonds is 4. The highest BCUT2D eigenvalue weighted by Gasteiger charge is 2.26. The highest BCUT2D eigenvalue weighted by molar-refractivity contribution is 5.65. The van der Waals surface area contributed by atoms with Crippen LogP contribution in [0.25, 0.3) is 5.82 Å². The summed E-state index contributed by atoms with van der Waals surface area (Å²) in [4.78, 5) is 17.4. The highest BCUT2D eigenvalue weighted by atomic mass is 16.4. The molecule has 2 aromatic rings.